The summed E-state index contributed by atoms with van der Waals surface area (Å²) in [6, 6.07) is 0.325. The van der Waals surface area contributed by atoms with Gasteiger partial charge in [-0.05, 0) is 56.3 Å². The van der Waals surface area contributed by atoms with Crippen molar-refractivity contribution in [2.24, 2.45) is 17.8 Å². The van der Waals surface area contributed by atoms with E-state index in [0.717, 1.165) is 37.5 Å². The predicted molar refractivity (Wildman–Crippen MR) is 90.8 cm³/mol. The molecule has 22 heavy (non-hydrogen) atoms. The van der Waals surface area contributed by atoms with Crippen molar-refractivity contribution in [2.75, 3.05) is 19.8 Å². The van der Waals surface area contributed by atoms with Gasteiger partial charge in [-0.2, -0.15) is 0 Å². The maximum absolute atomic E-state index is 5.60. The first-order valence-electron chi connectivity index (χ1n) is 8.58. The van der Waals surface area contributed by atoms with Crippen LogP contribution in [0.15, 0.2) is 5.38 Å². The van der Waals surface area contributed by atoms with E-state index in [9.17, 15) is 0 Å². The van der Waals surface area contributed by atoms with Gasteiger partial charge in [0.1, 0.15) is 5.01 Å². The quantitative estimate of drug-likeness (QED) is 0.891. The minimum Gasteiger partial charge on any atom is -0.378 e. The SMILES string of the molecule is Cl.c1sc(C2COCCN2)nc1C12CC3CC(CC(C3)C1)C2. The number of morpholine rings is 1. The number of hydrogen-bond acceptors (Lipinski definition) is 4. The van der Waals surface area contributed by atoms with Crippen LogP contribution < -0.4 is 5.32 Å². The summed E-state index contributed by atoms with van der Waals surface area (Å²) in [6.07, 6.45) is 8.76. The van der Waals surface area contributed by atoms with Crippen molar-refractivity contribution in [1.82, 2.24) is 10.3 Å². The molecule has 5 fully saturated rings. The molecular weight excluding hydrogens is 316 g/mol. The lowest BCUT2D eigenvalue weighted by atomic mass is 9.49. The van der Waals surface area contributed by atoms with E-state index in [-0.39, 0.29) is 12.4 Å². The molecule has 0 radical (unpaired) electrons. The van der Waals surface area contributed by atoms with Crippen LogP contribution >= 0.6 is 23.7 Å². The molecule has 1 N–H and O–H groups in total. The third-order valence-electron chi connectivity index (χ3n) is 6.32. The predicted octanol–water partition coefficient (Wildman–Crippen LogP) is 3.69. The molecule has 1 unspecified atom stereocenters. The second-order valence-electron chi connectivity index (χ2n) is 7.85. The lowest BCUT2D eigenvalue weighted by Crippen LogP contribution is -2.48. The molecule has 0 aromatic carbocycles. The highest BCUT2D eigenvalue weighted by atomic mass is 35.5. The molecule has 0 spiro atoms. The summed E-state index contributed by atoms with van der Waals surface area (Å²) in [7, 11) is 0. The summed E-state index contributed by atoms with van der Waals surface area (Å²) < 4.78 is 5.60. The molecule has 4 saturated carbocycles. The number of hydrogen-bond donors (Lipinski definition) is 1. The van der Waals surface area contributed by atoms with Crippen LogP contribution in [-0.2, 0) is 10.2 Å². The maximum atomic E-state index is 5.60. The van der Waals surface area contributed by atoms with Crippen LogP contribution in [0.4, 0.5) is 0 Å². The molecule has 4 aliphatic carbocycles. The molecule has 3 nitrogen and oxygen atoms in total. The minimum atomic E-state index is 0. The molecule has 1 atom stereocenters. The number of ether oxygens (including phenoxy) is 1. The summed E-state index contributed by atoms with van der Waals surface area (Å²) in [5, 5.41) is 7.17. The molecule has 1 saturated heterocycles. The topological polar surface area (TPSA) is 34.1 Å². The van der Waals surface area contributed by atoms with Gasteiger partial charge in [0, 0.05) is 17.3 Å². The molecular formula is C17H25ClN2OS. The molecule has 1 aromatic heterocycles. The molecule has 122 valence electrons. The Morgan fingerprint density at radius 2 is 1.82 bits per heavy atom. The van der Waals surface area contributed by atoms with Crippen LogP contribution in [0.2, 0.25) is 0 Å². The normalized spacial score (nSPS) is 43.1. The second-order valence-corrected chi connectivity index (χ2v) is 8.74. The van der Waals surface area contributed by atoms with Crippen LogP contribution in [0.5, 0.6) is 0 Å². The average Bonchev–Trinajstić information content (AvgIpc) is 2.97. The zero-order chi connectivity index (χ0) is 13.9. The third kappa shape index (κ3) is 2.43. The van der Waals surface area contributed by atoms with E-state index >= 15 is 0 Å². The van der Waals surface area contributed by atoms with Crippen molar-refractivity contribution in [3.8, 4) is 0 Å². The van der Waals surface area contributed by atoms with E-state index in [4.69, 9.17) is 9.72 Å². The largest absolute Gasteiger partial charge is 0.378 e. The molecule has 4 bridgehead atoms. The van der Waals surface area contributed by atoms with Crippen LogP contribution in [0.3, 0.4) is 0 Å². The Bertz CT molecular complexity index is 505. The van der Waals surface area contributed by atoms with Crippen molar-refractivity contribution in [3.05, 3.63) is 16.1 Å². The number of halogens is 1. The molecule has 0 amide bonds. The lowest BCUT2D eigenvalue weighted by Gasteiger charge is -2.56. The summed E-state index contributed by atoms with van der Waals surface area (Å²) >= 11 is 1.85. The van der Waals surface area contributed by atoms with Crippen LogP contribution in [0, 0.1) is 17.8 Å². The van der Waals surface area contributed by atoms with Crippen molar-refractivity contribution in [1.29, 1.82) is 0 Å². The highest BCUT2D eigenvalue weighted by molar-refractivity contribution is 7.09. The Morgan fingerprint density at radius 3 is 2.41 bits per heavy atom. The first-order valence-corrected chi connectivity index (χ1v) is 9.46. The van der Waals surface area contributed by atoms with Gasteiger partial charge in [-0.1, -0.05) is 0 Å². The molecule has 1 aromatic rings. The number of thiazole rings is 1. The van der Waals surface area contributed by atoms with Crippen LogP contribution in [0.1, 0.15) is 55.3 Å². The summed E-state index contributed by atoms with van der Waals surface area (Å²) in [5.74, 6) is 2.99. The smallest absolute Gasteiger partial charge is 0.112 e. The minimum absolute atomic E-state index is 0. The van der Waals surface area contributed by atoms with Crippen molar-refractivity contribution in [3.63, 3.8) is 0 Å². The van der Waals surface area contributed by atoms with Gasteiger partial charge in [-0.15, -0.1) is 23.7 Å². The monoisotopic (exact) mass is 340 g/mol. The highest BCUT2D eigenvalue weighted by Gasteiger charge is 2.52. The van der Waals surface area contributed by atoms with Gasteiger partial charge in [0.2, 0.25) is 0 Å². The fourth-order valence-corrected chi connectivity index (χ4v) is 6.84. The van der Waals surface area contributed by atoms with E-state index in [1.165, 1.54) is 49.2 Å². The van der Waals surface area contributed by atoms with Gasteiger partial charge < -0.3 is 10.1 Å². The Labute approximate surface area is 142 Å². The van der Waals surface area contributed by atoms with Crippen molar-refractivity contribution >= 4 is 23.7 Å². The van der Waals surface area contributed by atoms with E-state index < -0.39 is 0 Å². The fraction of sp³-hybridized carbons (Fsp3) is 0.824. The Kier molecular flexibility index (Phi) is 4.00. The van der Waals surface area contributed by atoms with Gasteiger partial charge in [0.15, 0.2) is 0 Å². The summed E-state index contributed by atoms with van der Waals surface area (Å²) in [4.78, 5) is 5.10. The lowest BCUT2D eigenvalue weighted by molar-refractivity contribution is -0.00710. The molecule has 6 rings (SSSR count). The number of nitrogens with zero attached hydrogens (tertiary/aromatic N) is 1. The van der Waals surface area contributed by atoms with Crippen molar-refractivity contribution < 1.29 is 4.74 Å². The van der Waals surface area contributed by atoms with Gasteiger partial charge in [0.25, 0.3) is 0 Å². The molecule has 1 aliphatic heterocycles. The summed E-state index contributed by atoms with van der Waals surface area (Å²) in [6.45, 7) is 2.58. The first-order chi connectivity index (χ1) is 10.3. The fourth-order valence-electron chi connectivity index (χ4n) is 5.84. The maximum Gasteiger partial charge on any atom is 0.112 e. The highest BCUT2D eigenvalue weighted by Crippen LogP contribution is 2.60. The Morgan fingerprint density at radius 1 is 1.14 bits per heavy atom. The number of nitrogens with one attached hydrogen (secondary N) is 1. The molecule has 5 heteroatoms. The number of aromatic nitrogens is 1. The third-order valence-corrected chi connectivity index (χ3v) is 7.28. The van der Waals surface area contributed by atoms with E-state index in [0.29, 0.717) is 11.5 Å². The summed E-state index contributed by atoms with van der Waals surface area (Å²) in [5.41, 5.74) is 1.87. The average molecular weight is 341 g/mol. The van der Waals surface area contributed by atoms with Gasteiger partial charge in [-0.25, -0.2) is 4.98 Å². The Hall–Kier alpha value is -0.160. The van der Waals surface area contributed by atoms with Gasteiger partial charge in [-0.3, -0.25) is 0 Å². The zero-order valence-electron chi connectivity index (χ0n) is 12.9. The van der Waals surface area contributed by atoms with E-state index in [1.807, 2.05) is 11.3 Å². The molecule has 2 heterocycles. The second kappa shape index (κ2) is 5.73. The van der Waals surface area contributed by atoms with Crippen LogP contribution in [-0.4, -0.2) is 24.7 Å². The first kappa shape index (κ1) is 15.4. The zero-order valence-corrected chi connectivity index (χ0v) is 14.6. The number of rotatable bonds is 2. The van der Waals surface area contributed by atoms with E-state index in [1.54, 1.807) is 0 Å². The Balaban J connectivity index is 0.00000125. The van der Waals surface area contributed by atoms with E-state index in [2.05, 4.69) is 10.7 Å². The van der Waals surface area contributed by atoms with Gasteiger partial charge in [0.05, 0.1) is 24.9 Å². The van der Waals surface area contributed by atoms with Gasteiger partial charge >= 0.3 is 0 Å². The van der Waals surface area contributed by atoms with Crippen LogP contribution in [0.25, 0.3) is 0 Å². The molecule has 5 aliphatic rings. The van der Waals surface area contributed by atoms with Crippen molar-refractivity contribution in [2.45, 2.75) is 50.0 Å². The standard InChI is InChI=1S/C17H24N2OS.ClH/c1-2-20-9-14(18-1)16-19-15(10-21-16)17-6-11-3-12(7-17)5-13(4-11)8-17;/h10-14,18H,1-9H2;1H.